The Hall–Kier alpha value is -3.25. The first-order valence-electron chi connectivity index (χ1n) is 16.6. The van der Waals surface area contributed by atoms with Gasteiger partial charge in [0.1, 0.15) is 24.1 Å². The van der Waals surface area contributed by atoms with Crippen LogP contribution in [0.4, 0.5) is 5.82 Å². The molecule has 8 atom stereocenters. The molecule has 0 radical (unpaired) electrons. The van der Waals surface area contributed by atoms with E-state index in [1.807, 2.05) is 43.5 Å². The molecule has 0 aliphatic carbocycles. The van der Waals surface area contributed by atoms with Crippen molar-refractivity contribution in [2.24, 2.45) is 0 Å². The number of thioether (sulfide) groups is 1. The lowest BCUT2D eigenvalue weighted by Gasteiger charge is -2.22. The van der Waals surface area contributed by atoms with Crippen molar-refractivity contribution in [2.45, 2.75) is 55.8 Å². The highest BCUT2D eigenvalue weighted by molar-refractivity contribution is 7.98. The summed E-state index contributed by atoms with van der Waals surface area (Å²) in [5, 5.41) is 5.18. The summed E-state index contributed by atoms with van der Waals surface area (Å²) in [6, 6.07) is 20.8. The Kier molecular flexibility index (Phi) is 11.6. The summed E-state index contributed by atoms with van der Waals surface area (Å²) in [7, 11) is -16.6. The summed E-state index contributed by atoms with van der Waals surface area (Å²) < 4.78 is 77.5. The van der Waals surface area contributed by atoms with Crippen molar-refractivity contribution in [3.8, 4) is 5.75 Å². The van der Waals surface area contributed by atoms with Crippen LogP contribution in [0, 0.1) is 0 Å². The van der Waals surface area contributed by atoms with Gasteiger partial charge >= 0.3 is 23.5 Å². The number of anilines is 1. The third-order valence-corrected chi connectivity index (χ3v) is 13.1. The zero-order chi connectivity index (χ0) is 38.1. The van der Waals surface area contributed by atoms with Crippen LogP contribution >= 0.6 is 35.2 Å². The van der Waals surface area contributed by atoms with Gasteiger partial charge in [-0.25, -0.2) is 28.6 Å². The van der Waals surface area contributed by atoms with Gasteiger partial charge in [-0.1, -0.05) is 79.3 Å². The van der Waals surface area contributed by atoms with E-state index < -0.39 is 60.9 Å². The monoisotopic (exact) mass is 823 g/mol. The number of phosphoric acid groups is 3. The number of nitrogens with one attached hydrogen (secondary N) is 1. The highest BCUT2D eigenvalue weighted by Crippen LogP contribution is 2.67. The molecule has 0 bridgehead atoms. The lowest BCUT2D eigenvalue weighted by Crippen LogP contribution is -2.31. The highest BCUT2D eigenvalue weighted by atomic mass is 32.2. The Bertz CT molecular complexity index is 2270. The second-order valence-electron chi connectivity index (χ2n) is 12.2. The molecule has 22 heteroatoms. The predicted molar refractivity (Wildman–Crippen MR) is 196 cm³/mol. The Morgan fingerprint density at radius 1 is 0.870 bits per heavy atom. The maximum atomic E-state index is 13.0. The Morgan fingerprint density at radius 2 is 1.59 bits per heavy atom. The van der Waals surface area contributed by atoms with Crippen LogP contribution in [0.15, 0.2) is 84.3 Å². The Balaban J connectivity index is 1.07. The second kappa shape index (κ2) is 16.1. The van der Waals surface area contributed by atoms with E-state index in [-0.39, 0.29) is 5.75 Å². The first kappa shape index (κ1) is 39.0. The van der Waals surface area contributed by atoms with Crippen molar-refractivity contribution >= 4 is 63.0 Å². The van der Waals surface area contributed by atoms with E-state index in [9.17, 15) is 28.4 Å². The van der Waals surface area contributed by atoms with Crippen molar-refractivity contribution in [1.29, 1.82) is 0 Å². The smallest absolute Gasteiger partial charge is 0.404 e. The van der Waals surface area contributed by atoms with E-state index in [0.717, 1.165) is 17.4 Å². The molecule has 0 spiro atoms. The van der Waals surface area contributed by atoms with Crippen LogP contribution < -0.4 is 9.84 Å². The number of imidazole rings is 1. The molecule has 4 heterocycles. The first-order valence-corrected chi connectivity index (χ1v) is 22.3. The number of fused-ring (bicyclic) bond motifs is 3. The van der Waals surface area contributed by atoms with Gasteiger partial charge in [0, 0.05) is 13.0 Å². The lowest BCUT2D eigenvalue weighted by molar-refractivity contribution is -0.149. The van der Waals surface area contributed by atoms with E-state index >= 15 is 0 Å². The number of hydrogen-bond acceptors (Lipinski definition) is 15. The Morgan fingerprint density at radius 3 is 2.35 bits per heavy atom. The molecule has 2 saturated heterocycles. The van der Waals surface area contributed by atoms with Crippen molar-refractivity contribution in [3.63, 3.8) is 0 Å². The minimum atomic E-state index is -5.76. The molecule has 3 aromatic carbocycles. The van der Waals surface area contributed by atoms with Gasteiger partial charge < -0.3 is 33.8 Å². The zero-order valence-corrected chi connectivity index (χ0v) is 32.2. The fourth-order valence-corrected chi connectivity index (χ4v) is 9.91. The maximum Gasteiger partial charge on any atom is 0.536 e. The summed E-state index contributed by atoms with van der Waals surface area (Å²) in [5.74, 6) is 0.360. The molecule has 7 rings (SSSR count). The molecule has 5 aromatic rings. The van der Waals surface area contributed by atoms with E-state index in [4.69, 9.17) is 23.3 Å². The van der Waals surface area contributed by atoms with Crippen LogP contribution in [-0.2, 0) is 47.5 Å². The summed E-state index contributed by atoms with van der Waals surface area (Å²) in [6.45, 7) is 1.96. The molecular weight excluding hydrogens is 787 g/mol. The average molecular weight is 824 g/mol. The quantitative estimate of drug-likeness (QED) is 0.0492. The molecule has 288 valence electrons. The molecule has 0 saturated carbocycles. The van der Waals surface area contributed by atoms with Gasteiger partial charge in [0.15, 0.2) is 34.7 Å². The van der Waals surface area contributed by atoms with E-state index in [1.165, 1.54) is 30.2 Å². The number of aromatic nitrogens is 4. The number of hydrogen-bond donors (Lipinski definition) is 4. The molecule has 0 amide bonds. The number of nitrogens with zero attached hydrogens (tertiary/aromatic N) is 4. The normalized spacial score (nSPS) is 24.5. The highest BCUT2D eigenvalue weighted by Gasteiger charge is 2.55. The Labute approximate surface area is 312 Å². The molecule has 2 aliphatic rings. The van der Waals surface area contributed by atoms with Crippen molar-refractivity contribution in [1.82, 2.24) is 19.5 Å². The molecule has 54 heavy (non-hydrogen) atoms. The minimum absolute atomic E-state index is 0.176. The van der Waals surface area contributed by atoms with Gasteiger partial charge in [-0.05, 0) is 41.1 Å². The first-order chi connectivity index (χ1) is 25.8. The average Bonchev–Trinajstić information content (AvgIpc) is 3.82. The number of rotatable bonds is 16. The van der Waals surface area contributed by atoms with Crippen LogP contribution in [0.5, 0.6) is 5.75 Å². The van der Waals surface area contributed by atoms with Gasteiger partial charge in [0.25, 0.3) is 0 Å². The molecule has 5 unspecified atom stereocenters. The molecule has 2 fully saturated rings. The van der Waals surface area contributed by atoms with E-state index in [0.29, 0.717) is 40.5 Å². The van der Waals surface area contributed by atoms with Crippen LogP contribution in [0.3, 0.4) is 0 Å². The third-order valence-electron chi connectivity index (χ3n) is 8.30. The molecular formula is C32H36N5O13P3S. The van der Waals surface area contributed by atoms with Crippen molar-refractivity contribution in [2.75, 3.05) is 24.7 Å². The fourth-order valence-electron chi connectivity index (χ4n) is 6.04. The molecule has 2 aliphatic heterocycles. The number of benzene rings is 3. The molecule has 4 N–H and O–H groups in total. The maximum absolute atomic E-state index is 13.0. The van der Waals surface area contributed by atoms with Gasteiger partial charge in [-0.15, -0.1) is 0 Å². The summed E-state index contributed by atoms with van der Waals surface area (Å²) in [5.41, 5.74) is 1.85. The van der Waals surface area contributed by atoms with Crippen LogP contribution in [0.1, 0.15) is 25.1 Å². The fraction of sp³-hybridized carbons (Fsp3) is 0.344. The SMILES string of the molecule is CCCNc1nc(SC)nc2c1ncn2[C@@H]1O[C@H](COP(=O)(O)OP(=O)(O)OP(=O)(O)Oc2ccc3ccccc3c2)C2OC(Cc3ccccc3)O[C@@H]21. The van der Waals surface area contributed by atoms with Crippen LogP contribution in [-0.4, -0.2) is 78.2 Å². The van der Waals surface area contributed by atoms with Gasteiger partial charge in [0.2, 0.25) is 0 Å². The second-order valence-corrected chi connectivity index (χ2v) is 17.5. The largest absolute Gasteiger partial charge is 0.536 e. The number of phosphoric ester groups is 2. The van der Waals surface area contributed by atoms with Gasteiger partial charge in [-0.3, -0.25) is 14.0 Å². The standard InChI is InChI=1S/C32H36N5O13P3S/c1-3-15-33-29-26-30(36-32(35-29)54-2)37(19-34-26)31-28-27(46-25(47-28)16-20-9-5-4-6-10-20)24(45-31)18-44-51(38,39)49-53(42,43)50-52(40,41)48-23-14-13-21-11-7-8-12-22(21)17-23/h4-14,17,19,24-25,27-28,31H,3,15-16,18H2,1-2H3,(H,38,39)(H,40,41)(H,42,43)(H,33,35,36)/t24-,25?,27?,28+,31-/m1/s1. The third kappa shape index (κ3) is 9.06. The molecule has 2 aromatic heterocycles. The van der Waals surface area contributed by atoms with Gasteiger partial charge in [0.05, 0.1) is 12.9 Å². The van der Waals surface area contributed by atoms with E-state index in [1.54, 1.807) is 34.9 Å². The predicted octanol–water partition coefficient (Wildman–Crippen LogP) is 6.20. The van der Waals surface area contributed by atoms with Crippen LogP contribution in [0.2, 0.25) is 0 Å². The molecule has 18 nitrogen and oxygen atoms in total. The zero-order valence-electron chi connectivity index (χ0n) is 28.7. The van der Waals surface area contributed by atoms with Crippen molar-refractivity contribution in [3.05, 3.63) is 84.7 Å². The van der Waals surface area contributed by atoms with E-state index in [2.05, 4.69) is 28.9 Å². The van der Waals surface area contributed by atoms with Gasteiger partial charge in [-0.2, -0.15) is 8.62 Å². The minimum Gasteiger partial charge on any atom is -0.404 e. The van der Waals surface area contributed by atoms with Crippen molar-refractivity contribution < 1.29 is 60.3 Å². The summed E-state index contributed by atoms with van der Waals surface area (Å²) >= 11 is 1.34. The topological polar surface area (TPSA) is 232 Å². The summed E-state index contributed by atoms with van der Waals surface area (Å²) in [4.78, 5) is 44.7. The summed E-state index contributed by atoms with van der Waals surface area (Å²) in [6.07, 6.45) is 0.164. The lowest BCUT2D eigenvalue weighted by atomic mass is 10.1. The van der Waals surface area contributed by atoms with Crippen LogP contribution in [0.25, 0.3) is 21.9 Å². The number of ether oxygens (including phenoxy) is 3.